The second-order valence-electron chi connectivity index (χ2n) is 1.89. The third-order valence-corrected chi connectivity index (χ3v) is 1.85. The SMILES string of the molecule is O=C(O)CC(=O)O.O=S(=O)(O)OS(=O)(=O)O. The Balaban J connectivity index is 0. The second-order valence-corrected chi connectivity index (χ2v) is 4.14. The van der Waals surface area contributed by atoms with Crippen LogP contribution in [0.25, 0.3) is 0 Å². The first kappa shape index (κ1) is 17.1. The van der Waals surface area contributed by atoms with Crippen LogP contribution in [0.5, 0.6) is 0 Å². The number of carbonyl (C=O) groups is 2. The van der Waals surface area contributed by atoms with E-state index in [1.807, 2.05) is 0 Å². The lowest BCUT2D eigenvalue weighted by Gasteiger charge is -1.89. The van der Waals surface area contributed by atoms with Crippen LogP contribution in [0.3, 0.4) is 0 Å². The molecule has 0 fully saturated rings. The van der Waals surface area contributed by atoms with Crippen LogP contribution in [-0.4, -0.2) is 48.1 Å². The van der Waals surface area contributed by atoms with Crippen molar-refractivity contribution in [3.05, 3.63) is 0 Å². The van der Waals surface area contributed by atoms with Crippen molar-refractivity contribution < 1.29 is 49.4 Å². The summed E-state index contributed by atoms with van der Waals surface area (Å²) in [5, 5.41) is 15.4. The van der Waals surface area contributed by atoms with Gasteiger partial charge >= 0.3 is 32.7 Å². The summed E-state index contributed by atoms with van der Waals surface area (Å²) in [4.78, 5) is 18.9. The van der Waals surface area contributed by atoms with Crippen molar-refractivity contribution >= 4 is 32.7 Å². The topological polar surface area (TPSA) is 193 Å². The van der Waals surface area contributed by atoms with E-state index in [1.165, 1.54) is 0 Å². The molecule has 0 heterocycles. The lowest BCUT2D eigenvalue weighted by molar-refractivity contribution is -0.147. The van der Waals surface area contributed by atoms with E-state index in [1.54, 1.807) is 0 Å². The molecule has 0 spiro atoms. The third-order valence-electron chi connectivity index (χ3n) is 0.474. The minimum atomic E-state index is -5.12. The minimum Gasteiger partial charge on any atom is -0.481 e. The molecule has 0 aliphatic heterocycles. The van der Waals surface area contributed by atoms with E-state index in [-0.39, 0.29) is 0 Å². The summed E-state index contributed by atoms with van der Waals surface area (Å²) in [6.07, 6.45) is -0.806. The van der Waals surface area contributed by atoms with E-state index in [0.29, 0.717) is 0 Å². The van der Waals surface area contributed by atoms with Gasteiger partial charge in [-0.15, -0.1) is 3.63 Å². The van der Waals surface area contributed by atoms with Crippen molar-refractivity contribution in [2.75, 3.05) is 0 Å². The van der Waals surface area contributed by atoms with Crippen LogP contribution in [0.15, 0.2) is 0 Å². The summed E-state index contributed by atoms with van der Waals surface area (Å²) >= 11 is 0. The van der Waals surface area contributed by atoms with Gasteiger partial charge in [-0.3, -0.25) is 18.7 Å². The minimum absolute atomic E-state index is 0.806. The standard InChI is InChI=1S/C3H4O4.H2O7S2/c4-2(5)1-3(6)7;1-8(2,3)7-9(4,5)6/h1H2,(H,4,5)(H,6,7);(H,1,2,3)(H,4,5,6). The smallest absolute Gasteiger partial charge is 0.413 e. The van der Waals surface area contributed by atoms with Gasteiger partial charge in [0.2, 0.25) is 0 Å². The van der Waals surface area contributed by atoms with Crippen LogP contribution >= 0.6 is 0 Å². The third kappa shape index (κ3) is 23.0. The zero-order valence-corrected chi connectivity index (χ0v) is 8.80. The summed E-state index contributed by atoms with van der Waals surface area (Å²) in [5.41, 5.74) is 0. The predicted octanol–water partition coefficient (Wildman–Crippen LogP) is -1.85. The van der Waals surface area contributed by atoms with Crippen molar-refractivity contribution in [3.63, 3.8) is 0 Å². The van der Waals surface area contributed by atoms with Gasteiger partial charge in [0.05, 0.1) is 0 Å². The summed E-state index contributed by atoms with van der Waals surface area (Å²) in [7, 11) is -10.2. The van der Waals surface area contributed by atoms with Gasteiger partial charge in [-0.1, -0.05) is 0 Å². The maximum Gasteiger partial charge on any atom is 0.413 e. The Morgan fingerprint density at radius 2 is 1.12 bits per heavy atom. The molecule has 0 aromatic rings. The molecular weight excluding hydrogens is 276 g/mol. The van der Waals surface area contributed by atoms with Gasteiger partial charge in [-0.25, -0.2) is 0 Å². The first-order valence-electron chi connectivity index (χ1n) is 2.93. The van der Waals surface area contributed by atoms with Crippen molar-refractivity contribution in [1.82, 2.24) is 0 Å². The fourth-order valence-electron chi connectivity index (χ4n) is 0.238. The normalized spacial score (nSPS) is 11.1. The van der Waals surface area contributed by atoms with Gasteiger partial charge in [0.15, 0.2) is 0 Å². The summed E-state index contributed by atoms with van der Waals surface area (Å²) < 4.78 is 55.6. The lowest BCUT2D eigenvalue weighted by atomic mass is 10.5. The fraction of sp³-hybridized carbons (Fsp3) is 0.333. The van der Waals surface area contributed by atoms with Crippen molar-refractivity contribution in [2.45, 2.75) is 6.42 Å². The Hall–Kier alpha value is -1.28. The monoisotopic (exact) mass is 282 g/mol. The van der Waals surface area contributed by atoms with E-state index < -0.39 is 39.2 Å². The van der Waals surface area contributed by atoms with E-state index >= 15 is 0 Å². The quantitative estimate of drug-likeness (QED) is 0.334. The molecule has 96 valence electrons. The maximum absolute atomic E-state index is 9.44. The average Bonchev–Trinajstić information content (AvgIpc) is 1.72. The molecule has 13 heteroatoms. The Morgan fingerprint density at radius 1 is 0.875 bits per heavy atom. The molecule has 0 aromatic carbocycles. The number of aliphatic carboxylic acids is 2. The van der Waals surface area contributed by atoms with E-state index in [4.69, 9.17) is 19.3 Å². The van der Waals surface area contributed by atoms with Crippen LogP contribution < -0.4 is 0 Å². The highest BCUT2D eigenvalue weighted by molar-refractivity contribution is 7.94. The number of carboxylic acid groups (broad SMARTS) is 2. The molecule has 0 unspecified atom stereocenters. The van der Waals surface area contributed by atoms with Crippen LogP contribution in [-0.2, 0) is 34.0 Å². The molecule has 16 heavy (non-hydrogen) atoms. The van der Waals surface area contributed by atoms with Gasteiger partial charge in [0, 0.05) is 0 Å². The Bertz CT molecular complexity index is 398. The molecule has 0 aliphatic rings. The molecule has 0 bridgehead atoms. The number of hydrogen-bond donors (Lipinski definition) is 4. The largest absolute Gasteiger partial charge is 0.481 e. The van der Waals surface area contributed by atoms with Crippen LogP contribution in [0.2, 0.25) is 0 Å². The molecule has 0 amide bonds. The lowest BCUT2D eigenvalue weighted by Crippen LogP contribution is -2.10. The van der Waals surface area contributed by atoms with Crippen molar-refractivity contribution in [2.24, 2.45) is 0 Å². The second kappa shape index (κ2) is 6.33. The molecule has 11 nitrogen and oxygen atoms in total. The Kier molecular flexibility index (Phi) is 6.78. The van der Waals surface area contributed by atoms with Gasteiger partial charge in [-0.05, 0) is 0 Å². The number of hydrogen-bond acceptors (Lipinski definition) is 7. The van der Waals surface area contributed by atoms with Crippen molar-refractivity contribution in [1.29, 1.82) is 0 Å². The van der Waals surface area contributed by atoms with Crippen LogP contribution in [0, 0.1) is 0 Å². The number of rotatable bonds is 4. The Morgan fingerprint density at radius 3 is 1.12 bits per heavy atom. The van der Waals surface area contributed by atoms with Crippen LogP contribution in [0.1, 0.15) is 6.42 Å². The summed E-state index contributed by atoms with van der Waals surface area (Å²) in [6, 6.07) is 0. The maximum atomic E-state index is 9.44. The van der Waals surface area contributed by atoms with E-state index in [0.717, 1.165) is 0 Å². The fourth-order valence-corrected chi connectivity index (χ4v) is 1.11. The molecule has 0 aliphatic carbocycles. The zero-order chi connectivity index (χ0) is 13.6. The molecule has 0 rings (SSSR count). The highest BCUT2D eigenvalue weighted by atomic mass is 32.3. The molecule has 4 N–H and O–H groups in total. The predicted molar refractivity (Wildman–Crippen MR) is 44.1 cm³/mol. The highest BCUT2D eigenvalue weighted by Gasteiger charge is 2.15. The van der Waals surface area contributed by atoms with E-state index in [9.17, 15) is 26.4 Å². The van der Waals surface area contributed by atoms with E-state index in [2.05, 4.69) is 3.63 Å². The van der Waals surface area contributed by atoms with Gasteiger partial charge < -0.3 is 10.2 Å². The first-order valence-corrected chi connectivity index (χ1v) is 5.66. The molecule has 0 aromatic heterocycles. The number of carboxylic acids is 2. The van der Waals surface area contributed by atoms with Crippen LogP contribution in [0.4, 0.5) is 0 Å². The molecule has 0 radical (unpaired) electrons. The molecular formula is C3H6O11S2. The van der Waals surface area contributed by atoms with Gasteiger partial charge in [0.1, 0.15) is 6.42 Å². The summed E-state index contributed by atoms with van der Waals surface area (Å²) in [6.45, 7) is 0. The van der Waals surface area contributed by atoms with Gasteiger partial charge in [-0.2, -0.15) is 16.8 Å². The average molecular weight is 282 g/mol. The van der Waals surface area contributed by atoms with Crippen molar-refractivity contribution in [3.8, 4) is 0 Å². The molecule has 0 saturated carbocycles. The molecule has 0 atom stereocenters. The highest BCUT2D eigenvalue weighted by Crippen LogP contribution is 1.91. The van der Waals surface area contributed by atoms with Gasteiger partial charge in [0.25, 0.3) is 0 Å². The summed E-state index contributed by atoms with van der Waals surface area (Å²) in [5.74, 6) is -2.62. The zero-order valence-electron chi connectivity index (χ0n) is 7.17. The molecule has 0 saturated heterocycles. The Labute approximate surface area is 89.2 Å². The first-order chi connectivity index (χ1) is 6.83.